The largest absolute Gasteiger partial charge is 0.462 e. The Kier molecular flexibility index (Phi) is 4.03. The number of rotatable bonds is 3. The molecule has 0 unspecified atom stereocenters. The van der Waals surface area contributed by atoms with E-state index in [9.17, 15) is 4.79 Å². The predicted molar refractivity (Wildman–Crippen MR) is 31.7 cm³/mol. The van der Waals surface area contributed by atoms with Crippen LogP contribution in [0, 0.1) is 0 Å². The SMILES string of the molecule is [B]CC(=O)OCC=C. The first kappa shape index (κ1) is 7.27. The van der Waals surface area contributed by atoms with Crippen molar-refractivity contribution in [3.05, 3.63) is 12.7 Å². The Morgan fingerprint density at radius 1 is 1.88 bits per heavy atom. The quantitative estimate of drug-likeness (QED) is 0.296. The van der Waals surface area contributed by atoms with Gasteiger partial charge < -0.3 is 4.74 Å². The molecule has 0 aromatic heterocycles. The summed E-state index contributed by atoms with van der Waals surface area (Å²) in [6.07, 6.45) is 1.43. The van der Waals surface area contributed by atoms with Crippen LogP contribution in [0.1, 0.15) is 0 Å². The Bertz CT molecular complexity index is 90.4. The van der Waals surface area contributed by atoms with Crippen molar-refractivity contribution < 1.29 is 9.53 Å². The highest BCUT2D eigenvalue weighted by Crippen LogP contribution is 1.80. The van der Waals surface area contributed by atoms with E-state index in [1.54, 1.807) is 0 Å². The summed E-state index contributed by atoms with van der Waals surface area (Å²) in [4.78, 5) is 10.2. The zero-order valence-corrected chi connectivity index (χ0v) is 4.59. The van der Waals surface area contributed by atoms with Gasteiger partial charge in [-0.05, 0) is 0 Å². The summed E-state index contributed by atoms with van der Waals surface area (Å²) in [7, 11) is 4.90. The van der Waals surface area contributed by atoms with Crippen LogP contribution in [0.5, 0.6) is 0 Å². The van der Waals surface area contributed by atoms with Gasteiger partial charge in [-0.3, -0.25) is 4.79 Å². The van der Waals surface area contributed by atoms with E-state index in [-0.39, 0.29) is 12.9 Å². The van der Waals surface area contributed by atoms with Crippen LogP contribution in [0.15, 0.2) is 12.7 Å². The first-order valence-electron chi connectivity index (χ1n) is 2.28. The third kappa shape index (κ3) is 3.46. The van der Waals surface area contributed by atoms with E-state index in [0.717, 1.165) is 0 Å². The van der Waals surface area contributed by atoms with Crippen LogP contribution in [0.2, 0.25) is 6.32 Å². The fourth-order valence-corrected chi connectivity index (χ4v) is 0.211. The van der Waals surface area contributed by atoms with Crippen molar-refractivity contribution in [2.75, 3.05) is 6.61 Å². The van der Waals surface area contributed by atoms with Gasteiger partial charge in [0.15, 0.2) is 0 Å². The minimum Gasteiger partial charge on any atom is -0.462 e. The second-order valence-corrected chi connectivity index (χ2v) is 1.18. The minimum absolute atomic E-state index is 0.0617. The standard InChI is InChI=1S/C5H7BO2/c1-2-3-8-5(7)4-6/h2H,1,3-4H2. The Labute approximate surface area is 49.9 Å². The number of hydrogen-bond donors (Lipinski definition) is 0. The van der Waals surface area contributed by atoms with Crippen molar-refractivity contribution in [3.63, 3.8) is 0 Å². The summed E-state index contributed by atoms with van der Waals surface area (Å²) in [5.74, 6) is -0.398. The average Bonchev–Trinajstić information content (AvgIpc) is 1.83. The molecule has 2 nitrogen and oxygen atoms in total. The lowest BCUT2D eigenvalue weighted by atomic mass is 10.1. The smallest absolute Gasteiger partial charge is 0.297 e. The highest BCUT2D eigenvalue weighted by molar-refractivity contribution is 6.18. The van der Waals surface area contributed by atoms with E-state index in [1.807, 2.05) is 0 Å². The molecule has 0 aliphatic carbocycles. The fourth-order valence-electron chi connectivity index (χ4n) is 0.211. The highest BCUT2D eigenvalue weighted by Gasteiger charge is 1.91. The highest BCUT2D eigenvalue weighted by atomic mass is 16.5. The lowest BCUT2D eigenvalue weighted by molar-refractivity contribution is -0.139. The van der Waals surface area contributed by atoms with Crippen LogP contribution >= 0.6 is 0 Å². The van der Waals surface area contributed by atoms with Crippen molar-refractivity contribution in [1.29, 1.82) is 0 Å². The Morgan fingerprint density at radius 2 is 2.50 bits per heavy atom. The molecule has 0 spiro atoms. The third-order valence-electron chi connectivity index (χ3n) is 0.529. The van der Waals surface area contributed by atoms with Gasteiger partial charge in [-0.25, -0.2) is 0 Å². The lowest BCUT2D eigenvalue weighted by Gasteiger charge is -1.95. The molecule has 2 radical (unpaired) electrons. The molecule has 0 saturated heterocycles. The molecule has 3 heteroatoms. The number of esters is 1. The molecule has 8 heavy (non-hydrogen) atoms. The average molecular weight is 110 g/mol. The summed E-state index contributed by atoms with van der Waals surface area (Å²) < 4.78 is 4.46. The van der Waals surface area contributed by atoms with Crippen LogP contribution in [-0.2, 0) is 9.53 Å². The predicted octanol–water partition coefficient (Wildman–Crippen LogP) is 0.302. The van der Waals surface area contributed by atoms with Gasteiger partial charge in [0.05, 0.1) is 7.85 Å². The Morgan fingerprint density at radius 3 is 2.88 bits per heavy atom. The maximum absolute atomic E-state index is 10.2. The molecule has 0 N–H and O–H groups in total. The number of carbonyl (C=O) groups excluding carboxylic acids is 1. The molecule has 0 atom stereocenters. The summed E-state index contributed by atoms with van der Waals surface area (Å²) in [6, 6.07) is 0. The van der Waals surface area contributed by atoms with E-state index < -0.39 is 5.97 Å². The first-order chi connectivity index (χ1) is 3.81. The van der Waals surface area contributed by atoms with E-state index in [0.29, 0.717) is 0 Å². The molecule has 0 aliphatic rings. The van der Waals surface area contributed by atoms with E-state index in [1.165, 1.54) is 6.08 Å². The van der Waals surface area contributed by atoms with Gasteiger partial charge in [0.2, 0.25) is 0 Å². The van der Waals surface area contributed by atoms with Gasteiger partial charge in [0.25, 0.3) is 5.97 Å². The van der Waals surface area contributed by atoms with Gasteiger partial charge in [-0.2, -0.15) is 0 Å². The molecular formula is C5H7BO2. The van der Waals surface area contributed by atoms with Crippen molar-refractivity contribution in [2.24, 2.45) is 0 Å². The van der Waals surface area contributed by atoms with Crippen LogP contribution in [0.4, 0.5) is 0 Å². The maximum Gasteiger partial charge on any atom is 0.297 e. The van der Waals surface area contributed by atoms with Crippen molar-refractivity contribution in [2.45, 2.75) is 6.32 Å². The van der Waals surface area contributed by atoms with Crippen LogP contribution in [-0.4, -0.2) is 20.4 Å². The summed E-state index contributed by atoms with van der Waals surface area (Å²) in [6.45, 7) is 3.59. The van der Waals surface area contributed by atoms with E-state index >= 15 is 0 Å². The molecule has 0 rings (SSSR count). The topological polar surface area (TPSA) is 26.3 Å². The van der Waals surface area contributed by atoms with Crippen LogP contribution < -0.4 is 0 Å². The second kappa shape index (κ2) is 4.43. The molecule has 42 valence electrons. The zero-order valence-electron chi connectivity index (χ0n) is 4.59. The third-order valence-corrected chi connectivity index (χ3v) is 0.529. The second-order valence-electron chi connectivity index (χ2n) is 1.18. The Hall–Kier alpha value is -0.725. The van der Waals surface area contributed by atoms with Gasteiger partial charge in [0, 0.05) is 6.32 Å². The van der Waals surface area contributed by atoms with E-state index in [2.05, 4.69) is 11.3 Å². The van der Waals surface area contributed by atoms with Gasteiger partial charge in [-0.1, -0.05) is 12.7 Å². The monoisotopic (exact) mass is 110 g/mol. The normalized spacial score (nSPS) is 8.00. The molecule has 0 amide bonds. The molecule has 0 bridgehead atoms. The maximum atomic E-state index is 10.2. The summed E-state index contributed by atoms with van der Waals surface area (Å²) >= 11 is 0. The number of carbonyl (C=O) groups is 1. The van der Waals surface area contributed by atoms with Crippen molar-refractivity contribution in [3.8, 4) is 0 Å². The molecule has 0 aliphatic heterocycles. The zero-order chi connectivity index (χ0) is 6.41. The Balaban J connectivity index is 3.11. The van der Waals surface area contributed by atoms with Gasteiger partial charge in [-0.15, -0.1) is 0 Å². The van der Waals surface area contributed by atoms with Crippen molar-refractivity contribution in [1.82, 2.24) is 0 Å². The lowest BCUT2D eigenvalue weighted by Crippen LogP contribution is -2.01. The minimum atomic E-state index is -0.398. The van der Waals surface area contributed by atoms with Crippen molar-refractivity contribution >= 4 is 13.8 Å². The number of hydrogen-bond acceptors (Lipinski definition) is 2. The summed E-state index contributed by atoms with van der Waals surface area (Å²) in [5.41, 5.74) is 0. The molecule has 0 aromatic rings. The van der Waals surface area contributed by atoms with Gasteiger partial charge >= 0.3 is 0 Å². The van der Waals surface area contributed by atoms with E-state index in [4.69, 9.17) is 7.85 Å². The first-order valence-corrected chi connectivity index (χ1v) is 2.28. The molecule has 0 heterocycles. The summed E-state index contributed by atoms with van der Waals surface area (Å²) in [5, 5.41) is 0. The van der Waals surface area contributed by atoms with Gasteiger partial charge in [0.1, 0.15) is 6.61 Å². The molecule has 0 fully saturated rings. The molecule has 0 saturated carbocycles. The molecular weight excluding hydrogens is 103 g/mol. The molecule has 0 aromatic carbocycles. The van der Waals surface area contributed by atoms with Crippen LogP contribution in [0.25, 0.3) is 0 Å². The number of ether oxygens (including phenoxy) is 1. The fraction of sp³-hybridized carbons (Fsp3) is 0.400. The van der Waals surface area contributed by atoms with Crippen LogP contribution in [0.3, 0.4) is 0 Å².